The smallest absolute Gasteiger partial charge is 0.267 e. The third-order valence-corrected chi connectivity index (χ3v) is 3.74. The van der Waals surface area contributed by atoms with Gasteiger partial charge in [0.05, 0.1) is 5.56 Å². The summed E-state index contributed by atoms with van der Waals surface area (Å²) < 4.78 is 0. The molecule has 2 N–H and O–H groups in total. The highest BCUT2D eigenvalue weighted by Crippen LogP contribution is 2.20. The third-order valence-electron chi connectivity index (χ3n) is 3.74. The van der Waals surface area contributed by atoms with E-state index in [1.807, 2.05) is 5.01 Å². The molecular formula is C16H21N3O2. The Bertz CT molecular complexity index is 552. The van der Waals surface area contributed by atoms with Gasteiger partial charge in [0.25, 0.3) is 5.91 Å². The van der Waals surface area contributed by atoms with Crippen LogP contribution < -0.4 is 5.43 Å². The Labute approximate surface area is 125 Å². The molecule has 1 aliphatic heterocycles. The number of hydrazine groups is 1. The highest BCUT2D eigenvalue weighted by atomic mass is 16.2. The predicted molar refractivity (Wildman–Crippen MR) is 80.3 cm³/mol. The van der Waals surface area contributed by atoms with Crippen molar-refractivity contribution in [3.63, 3.8) is 0 Å². The van der Waals surface area contributed by atoms with Crippen LogP contribution in [0.5, 0.6) is 0 Å². The van der Waals surface area contributed by atoms with Crippen molar-refractivity contribution in [2.24, 2.45) is 0 Å². The molecule has 2 unspecified atom stereocenters. The summed E-state index contributed by atoms with van der Waals surface area (Å²) in [6.07, 6.45) is 6.47. The van der Waals surface area contributed by atoms with Gasteiger partial charge in [-0.15, -0.1) is 0 Å². The lowest BCUT2D eigenvalue weighted by molar-refractivity contribution is 0.0369. The van der Waals surface area contributed by atoms with Crippen LogP contribution in [-0.2, 0) is 0 Å². The first kappa shape index (κ1) is 15.5. The molecule has 1 aromatic heterocycles. The van der Waals surface area contributed by atoms with E-state index in [1.54, 1.807) is 12.3 Å². The standard InChI is InChI=1S/C16H21N3O2/c1-12-5-3-6-13(2)19(12)18-16(21)15-9-14(7-4-8-20)10-17-11-15/h9-13,20H,3,5-6,8H2,1-2H3,(H,18,21). The Balaban J connectivity index is 2.09. The molecule has 0 radical (unpaired) electrons. The minimum Gasteiger partial charge on any atom is -0.384 e. The first-order chi connectivity index (χ1) is 10.1. The summed E-state index contributed by atoms with van der Waals surface area (Å²) in [7, 11) is 0. The Hall–Kier alpha value is -1.90. The zero-order valence-electron chi connectivity index (χ0n) is 12.5. The van der Waals surface area contributed by atoms with Crippen LogP contribution in [0.15, 0.2) is 18.5 Å². The van der Waals surface area contributed by atoms with Crippen LogP contribution in [-0.4, -0.2) is 39.7 Å². The van der Waals surface area contributed by atoms with Gasteiger partial charge < -0.3 is 5.11 Å². The molecule has 5 heteroatoms. The molecule has 0 spiro atoms. The van der Waals surface area contributed by atoms with Crippen LogP contribution in [0.4, 0.5) is 0 Å². The summed E-state index contributed by atoms with van der Waals surface area (Å²) in [6, 6.07) is 2.36. The van der Waals surface area contributed by atoms with Gasteiger partial charge in [0.15, 0.2) is 0 Å². The highest BCUT2D eigenvalue weighted by Gasteiger charge is 2.26. The summed E-state index contributed by atoms with van der Waals surface area (Å²) in [5.41, 5.74) is 4.07. The van der Waals surface area contributed by atoms with Crippen LogP contribution >= 0.6 is 0 Å². The van der Waals surface area contributed by atoms with Crippen molar-refractivity contribution in [2.45, 2.75) is 45.2 Å². The van der Waals surface area contributed by atoms with Crippen LogP contribution in [0.1, 0.15) is 49.0 Å². The monoisotopic (exact) mass is 287 g/mol. The quantitative estimate of drug-likeness (QED) is 0.806. The zero-order valence-corrected chi connectivity index (χ0v) is 12.5. The fourth-order valence-corrected chi connectivity index (χ4v) is 2.60. The van der Waals surface area contributed by atoms with Crippen molar-refractivity contribution in [3.05, 3.63) is 29.6 Å². The van der Waals surface area contributed by atoms with E-state index in [1.165, 1.54) is 12.6 Å². The molecule has 2 atom stereocenters. The predicted octanol–water partition coefficient (Wildman–Crippen LogP) is 1.33. The van der Waals surface area contributed by atoms with Gasteiger partial charge >= 0.3 is 0 Å². The number of aliphatic hydroxyl groups is 1. The molecule has 1 aliphatic rings. The second-order valence-corrected chi connectivity index (χ2v) is 5.40. The van der Waals surface area contributed by atoms with Gasteiger partial charge in [-0.1, -0.05) is 18.3 Å². The molecule has 2 rings (SSSR count). The molecule has 1 aromatic rings. The SMILES string of the molecule is CC1CCCC(C)N1NC(=O)c1cncc(C#CCO)c1. The number of aliphatic hydroxyl groups excluding tert-OH is 1. The number of piperidine rings is 1. The normalized spacial score (nSPS) is 22.2. The van der Waals surface area contributed by atoms with Crippen molar-refractivity contribution in [2.75, 3.05) is 6.61 Å². The molecule has 5 nitrogen and oxygen atoms in total. The van der Waals surface area contributed by atoms with Crippen LogP contribution in [0.3, 0.4) is 0 Å². The first-order valence-corrected chi connectivity index (χ1v) is 7.26. The van der Waals surface area contributed by atoms with Crippen molar-refractivity contribution in [1.29, 1.82) is 0 Å². The summed E-state index contributed by atoms with van der Waals surface area (Å²) in [4.78, 5) is 16.4. The average Bonchev–Trinajstić information content (AvgIpc) is 2.49. The molecule has 1 saturated heterocycles. The number of aromatic nitrogens is 1. The maximum atomic E-state index is 12.3. The maximum absolute atomic E-state index is 12.3. The first-order valence-electron chi connectivity index (χ1n) is 7.26. The average molecular weight is 287 g/mol. The molecule has 1 amide bonds. The molecule has 0 bridgehead atoms. The molecule has 0 saturated carbocycles. The second kappa shape index (κ2) is 7.21. The van der Waals surface area contributed by atoms with Gasteiger partial charge in [0, 0.05) is 30.0 Å². The fraction of sp³-hybridized carbons (Fsp3) is 0.500. The van der Waals surface area contributed by atoms with Crippen molar-refractivity contribution in [1.82, 2.24) is 15.4 Å². The van der Waals surface area contributed by atoms with Crippen molar-refractivity contribution in [3.8, 4) is 11.8 Å². The molecule has 21 heavy (non-hydrogen) atoms. The summed E-state index contributed by atoms with van der Waals surface area (Å²) >= 11 is 0. The highest BCUT2D eigenvalue weighted by molar-refractivity contribution is 5.93. The number of rotatable bonds is 2. The van der Waals surface area contributed by atoms with E-state index in [0.29, 0.717) is 23.2 Å². The Morgan fingerprint density at radius 2 is 2.14 bits per heavy atom. The Morgan fingerprint density at radius 3 is 2.81 bits per heavy atom. The van der Waals surface area contributed by atoms with Crippen molar-refractivity contribution >= 4 is 5.91 Å². The van der Waals surface area contributed by atoms with E-state index in [4.69, 9.17) is 5.11 Å². The van der Waals surface area contributed by atoms with Crippen LogP contribution in [0.25, 0.3) is 0 Å². The minimum absolute atomic E-state index is 0.171. The van der Waals surface area contributed by atoms with E-state index in [0.717, 1.165) is 12.8 Å². The third kappa shape index (κ3) is 4.03. The van der Waals surface area contributed by atoms with Gasteiger partial charge in [0.1, 0.15) is 6.61 Å². The number of hydrogen-bond donors (Lipinski definition) is 2. The van der Waals surface area contributed by atoms with Gasteiger partial charge in [-0.3, -0.25) is 15.2 Å². The number of carbonyl (C=O) groups excluding carboxylic acids is 1. The molecule has 0 aliphatic carbocycles. The summed E-state index contributed by atoms with van der Waals surface area (Å²) in [5.74, 6) is 5.13. The lowest BCUT2D eigenvalue weighted by atomic mass is 10.00. The molecule has 0 aromatic carbocycles. The van der Waals surface area contributed by atoms with E-state index in [2.05, 4.69) is 36.1 Å². The van der Waals surface area contributed by atoms with E-state index in [9.17, 15) is 4.79 Å². The Kier molecular flexibility index (Phi) is 5.32. The lowest BCUT2D eigenvalue weighted by Crippen LogP contribution is -2.54. The molecule has 2 heterocycles. The number of hydrogen-bond acceptors (Lipinski definition) is 4. The maximum Gasteiger partial charge on any atom is 0.267 e. The van der Waals surface area contributed by atoms with Gasteiger partial charge in [-0.2, -0.15) is 0 Å². The summed E-state index contributed by atoms with van der Waals surface area (Å²) in [5, 5.41) is 10.7. The number of carbonyl (C=O) groups is 1. The minimum atomic E-state index is -0.209. The fourth-order valence-electron chi connectivity index (χ4n) is 2.60. The zero-order chi connectivity index (χ0) is 15.2. The Morgan fingerprint density at radius 1 is 1.43 bits per heavy atom. The van der Waals surface area contributed by atoms with Gasteiger partial charge in [-0.25, -0.2) is 5.01 Å². The molecule has 1 fully saturated rings. The van der Waals surface area contributed by atoms with E-state index >= 15 is 0 Å². The van der Waals surface area contributed by atoms with Gasteiger partial charge in [-0.05, 0) is 32.8 Å². The van der Waals surface area contributed by atoms with Gasteiger partial charge in [0.2, 0.25) is 0 Å². The topological polar surface area (TPSA) is 65.5 Å². The number of amides is 1. The van der Waals surface area contributed by atoms with E-state index < -0.39 is 0 Å². The number of pyridine rings is 1. The lowest BCUT2D eigenvalue weighted by Gasteiger charge is -2.38. The van der Waals surface area contributed by atoms with Crippen LogP contribution in [0, 0.1) is 11.8 Å². The van der Waals surface area contributed by atoms with E-state index in [-0.39, 0.29) is 12.5 Å². The van der Waals surface area contributed by atoms with Crippen LogP contribution in [0.2, 0.25) is 0 Å². The second-order valence-electron chi connectivity index (χ2n) is 5.40. The number of nitrogens with one attached hydrogen (secondary N) is 1. The largest absolute Gasteiger partial charge is 0.384 e. The molecule has 112 valence electrons. The molecular weight excluding hydrogens is 266 g/mol. The number of nitrogens with zero attached hydrogens (tertiary/aromatic N) is 2. The van der Waals surface area contributed by atoms with Crippen molar-refractivity contribution < 1.29 is 9.90 Å². The summed E-state index contributed by atoms with van der Waals surface area (Å²) in [6.45, 7) is 4.04.